The lowest BCUT2D eigenvalue weighted by molar-refractivity contribution is 0.0766. The Labute approximate surface area is 145 Å². The molecule has 1 saturated heterocycles. The van der Waals surface area contributed by atoms with E-state index in [2.05, 4.69) is 26.0 Å². The lowest BCUT2D eigenvalue weighted by atomic mass is 10.1. The Hall–Kier alpha value is -2.22. The molecule has 0 aromatic carbocycles. The number of carbonyl (C=O) groups excluding carboxylic acids is 1. The highest BCUT2D eigenvalue weighted by molar-refractivity contribution is 7.07. The average molecular weight is 346 g/mol. The second kappa shape index (κ2) is 7.57. The monoisotopic (exact) mass is 346 g/mol. The minimum absolute atomic E-state index is 0.0441. The van der Waals surface area contributed by atoms with Crippen molar-refractivity contribution < 1.29 is 4.79 Å². The number of anilines is 2. The summed E-state index contributed by atoms with van der Waals surface area (Å²) in [5.41, 5.74) is 1.03. The van der Waals surface area contributed by atoms with Gasteiger partial charge in [-0.25, -0.2) is 4.98 Å². The summed E-state index contributed by atoms with van der Waals surface area (Å²) >= 11 is 1.16. The predicted octanol–water partition coefficient (Wildman–Crippen LogP) is 2.11. The van der Waals surface area contributed by atoms with Crippen LogP contribution in [-0.4, -0.2) is 58.6 Å². The molecular weight excluding hydrogens is 324 g/mol. The van der Waals surface area contributed by atoms with Crippen LogP contribution in [0.5, 0.6) is 0 Å². The zero-order valence-corrected chi connectivity index (χ0v) is 14.8. The van der Waals surface area contributed by atoms with Crippen LogP contribution in [0.15, 0.2) is 24.5 Å². The van der Waals surface area contributed by atoms with E-state index in [0.717, 1.165) is 55.4 Å². The Kier molecular flexibility index (Phi) is 5.24. The summed E-state index contributed by atoms with van der Waals surface area (Å²) in [5.74, 6) is 0.985. The lowest BCUT2D eigenvalue weighted by Gasteiger charge is -2.20. The molecule has 128 valence electrons. The third kappa shape index (κ3) is 4.00. The largest absolute Gasteiger partial charge is 0.381 e. The molecule has 0 spiro atoms. The summed E-state index contributed by atoms with van der Waals surface area (Å²) in [6, 6.07) is 4.42. The van der Waals surface area contributed by atoms with Crippen molar-refractivity contribution in [2.24, 2.45) is 0 Å². The lowest BCUT2D eigenvalue weighted by Crippen LogP contribution is -2.32. The molecule has 0 bridgehead atoms. The van der Waals surface area contributed by atoms with Crippen LogP contribution in [0.2, 0.25) is 0 Å². The van der Waals surface area contributed by atoms with Crippen LogP contribution in [0.25, 0.3) is 0 Å². The van der Waals surface area contributed by atoms with Gasteiger partial charge >= 0.3 is 0 Å². The molecule has 1 aliphatic rings. The van der Waals surface area contributed by atoms with Gasteiger partial charge in [0.05, 0.1) is 18.1 Å². The van der Waals surface area contributed by atoms with Gasteiger partial charge < -0.3 is 15.1 Å². The Bertz CT molecular complexity index is 658. The van der Waals surface area contributed by atoms with Crippen molar-refractivity contribution in [1.29, 1.82) is 0 Å². The van der Waals surface area contributed by atoms with E-state index in [1.165, 1.54) is 0 Å². The number of amides is 1. The van der Waals surface area contributed by atoms with Gasteiger partial charge in [0.15, 0.2) is 0 Å². The van der Waals surface area contributed by atoms with Crippen LogP contribution in [0, 0.1) is 0 Å². The number of rotatable bonds is 4. The molecule has 2 aromatic rings. The van der Waals surface area contributed by atoms with Gasteiger partial charge in [0.25, 0.3) is 5.91 Å². The molecule has 1 N–H and O–H groups in total. The van der Waals surface area contributed by atoms with Crippen molar-refractivity contribution in [3.63, 3.8) is 0 Å². The fraction of sp³-hybridized carbons (Fsp3) is 0.500. The van der Waals surface area contributed by atoms with E-state index in [4.69, 9.17) is 0 Å². The van der Waals surface area contributed by atoms with Crippen LogP contribution in [-0.2, 0) is 0 Å². The maximum Gasteiger partial charge on any atom is 0.267 e. The minimum atomic E-state index is 0.0441. The Morgan fingerprint density at radius 3 is 2.83 bits per heavy atom. The molecule has 3 rings (SSSR count). The zero-order chi connectivity index (χ0) is 16.9. The van der Waals surface area contributed by atoms with Crippen LogP contribution >= 0.6 is 11.5 Å². The van der Waals surface area contributed by atoms with Crippen molar-refractivity contribution in [1.82, 2.24) is 19.5 Å². The maximum absolute atomic E-state index is 12.4. The van der Waals surface area contributed by atoms with Crippen LogP contribution in [0.1, 0.15) is 28.9 Å². The standard InChI is InChI=1S/C16H22N6OS/c1-21(2)15-6-5-13(10-17-15)19-12-4-3-8-22(9-7-12)16(23)14-11-18-20-24-14/h5-6,10-12,19H,3-4,7-9H2,1-2H3. The first kappa shape index (κ1) is 16.6. The summed E-state index contributed by atoms with van der Waals surface area (Å²) in [6.07, 6.45) is 6.37. The first-order chi connectivity index (χ1) is 11.6. The van der Waals surface area contributed by atoms with Gasteiger partial charge in [-0.3, -0.25) is 4.79 Å². The molecule has 0 aliphatic carbocycles. The fourth-order valence-corrected chi connectivity index (χ4v) is 3.32. The maximum atomic E-state index is 12.4. The van der Waals surface area contributed by atoms with E-state index in [0.29, 0.717) is 10.9 Å². The van der Waals surface area contributed by atoms with E-state index in [-0.39, 0.29) is 5.91 Å². The van der Waals surface area contributed by atoms with E-state index in [1.807, 2.05) is 36.2 Å². The number of nitrogens with zero attached hydrogens (tertiary/aromatic N) is 5. The summed E-state index contributed by atoms with van der Waals surface area (Å²) in [4.78, 5) is 21.3. The molecule has 1 fully saturated rings. The van der Waals surface area contributed by atoms with Gasteiger partial charge in [0.1, 0.15) is 10.7 Å². The number of aromatic nitrogens is 3. The van der Waals surface area contributed by atoms with Crippen molar-refractivity contribution in [3.05, 3.63) is 29.4 Å². The van der Waals surface area contributed by atoms with Gasteiger partial charge in [-0.1, -0.05) is 4.49 Å². The van der Waals surface area contributed by atoms with Crippen molar-refractivity contribution >= 4 is 28.9 Å². The molecule has 1 aliphatic heterocycles. The van der Waals surface area contributed by atoms with Gasteiger partial charge in [-0.2, -0.15) is 0 Å². The molecule has 1 atom stereocenters. The number of carbonyl (C=O) groups is 1. The highest BCUT2D eigenvalue weighted by Crippen LogP contribution is 2.19. The Balaban J connectivity index is 1.56. The predicted molar refractivity (Wildman–Crippen MR) is 95.6 cm³/mol. The van der Waals surface area contributed by atoms with E-state index in [9.17, 15) is 4.79 Å². The molecule has 24 heavy (non-hydrogen) atoms. The molecule has 0 saturated carbocycles. The number of likely N-dealkylation sites (tertiary alicyclic amines) is 1. The van der Waals surface area contributed by atoms with Crippen molar-refractivity contribution in [3.8, 4) is 0 Å². The van der Waals surface area contributed by atoms with Gasteiger partial charge in [0.2, 0.25) is 0 Å². The smallest absolute Gasteiger partial charge is 0.267 e. The Morgan fingerprint density at radius 1 is 1.29 bits per heavy atom. The third-order valence-corrected chi connectivity index (χ3v) is 4.82. The SMILES string of the molecule is CN(C)c1ccc(NC2CCCN(C(=O)c3cnns3)CC2)cn1. The fourth-order valence-electron chi connectivity index (χ4n) is 2.83. The second-order valence-corrected chi connectivity index (χ2v) is 6.93. The minimum Gasteiger partial charge on any atom is -0.381 e. The number of pyridine rings is 1. The van der Waals surface area contributed by atoms with Crippen LogP contribution in [0.4, 0.5) is 11.5 Å². The summed E-state index contributed by atoms with van der Waals surface area (Å²) < 4.78 is 3.77. The number of nitrogens with one attached hydrogen (secondary N) is 1. The van der Waals surface area contributed by atoms with Crippen LogP contribution in [0.3, 0.4) is 0 Å². The van der Waals surface area contributed by atoms with E-state index >= 15 is 0 Å². The first-order valence-corrected chi connectivity index (χ1v) is 8.87. The molecule has 0 radical (unpaired) electrons. The molecule has 8 heteroatoms. The van der Waals surface area contributed by atoms with Gasteiger partial charge in [0, 0.05) is 33.2 Å². The highest BCUT2D eigenvalue weighted by Gasteiger charge is 2.22. The normalized spacial score (nSPS) is 18.1. The van der Waals surface area contributed by atoms with Crippen molar-refractivity contribution in [2.45, 2.75) is 25.3 Å². The van der Waals surface area contributed by atoms with E-state index < -0.39 is 0 Å². The molecule has 1 unspecified atom stereocenters. The number of hydrogen-bond acceptors (Lipinski definition) is 7. The zero-order valence-electron chi connectivity index (χ0n) is 14.0. The summed E-state index contributed by atoms with van der Waals surface area (Å²) in [6.45, 7) is 1.53. The van der Waals surface area contributed by atoms with E-state index in [1.54, 1.807) is 6.20 Å². The number of hydrogen-bond donors (Lipinski definition) is 1. The molecule has 2 aromatic heterocycles. The molecular formula is C16H22N6OS. The highest BCUT2D eigenvalue weighted by atomic mass is 32.1. The topological polar surface area (TPSA) is 74.2 Å². The van der Waals surface area contributed by atoms with Crippen LogP contribution < -0.4 is 10.2 Å². The summed E-state index contributed by atoms with van der Waals surface area (Å²) in [7, 11) is 3.95. The Morgan fingerprint density at radius 2 is 2.17 bits per heavy atom. The molecule has 1 amide bonds. The second-order valence-electron chi connectivity index (χ2n) is 6.15. The summed E-state index contributed by atoms with van der Waals surface area (Å²) in [5, 5.41) is 7.29. The van der Waals surface area contributed by atoms with Gasteiger partial charge in [-0.05, 0) is 42.9 Å². The van der Waals surface area contributed by atoms with Crippen molar-refractivity contribution in [2.75, 3.05) is 37.4 Å². The molecule has 7 nitrogen and oxygen atoms in total. The first-order valence-electron chi connectivity index (χ1n) is 8.10. The third-order valence-electron chi connectivity index (χ3n) is 4.16. The quantitative estimate of drug-likeness (QED) is 0.914. The molecule has 3 heterocycles. The van der Waals surface area contributed by atoms with Gasteiger partial charge in [-0.15, -0.1) is 5.10 Å². The average Bonchev–Trinajstić information content (AvgIpc) is 3.02.